The quantitative estimate of drug-likeness (QED) is 0.180. The molecule has 1 heterocycles. The van der Waals surface area contributed by atoms with Gasteiger partial charge in [-0.15, -0.1) is 0 Å². The van der Waals surface area contributed by atoms with Crippen molar-refractivity contribution in [3.8, 4) is 0 Å². The second-order valence-electron chi connectivity index (χ2n) is 27.8. The zero-order chi connectivity index (χ0) is 49.2. The fourth-order valence-corrected chi connectivity index (χ4v) is 20.8. The number of amides is 2. The smallest absolute Gasteiger partial charge is 0.233 e. The van der Waals surface area contributed by atoms with E-state index in [4.69, 9.17) is 9.47 Å². The number of carbonyl (C=O) groups excluding carboxylic acids is 4. The van der Waals surface area contributed by atoms with Crippen LogP contribution in [0.25, 0.3) is 0 Å². The molecule has 0 aromatic rings. The summed E-state index contributed by atoms with van der Waals surface area (Å²) in [5.41, 5.74) is 0.715. The van der Waals surface area contributed by atoms with Crippen LogP contribution in [0.4, 0.5) is 0 Å². The summed E-state index contributed by atoms with van der Waals surface area (Å²) in [6.07, 6.45) is 33.8. The molecule has 1 saturated heterocycles. The van der Waals surface area contributed by atoms with Gasteiger partial charge in [0.25, 0.3) is 0 Å². The van der Waals surface area contributed by atoms with Gasteiger partial charge in [-0.2, -0.15) is 0 Å². The van der Waals surface area contributed by atoms with Crippen LogP contribution in [0.1, 0.15) is 221 Å². The van der Waals surface area contributed by atoms with E-state index in [1.165, 1.54) is 109 Å². The molecule has 0 aromatic carbocycles. The van der Waals surface area contributed by atoms with Crippen LogP contribution in [0.2, 0.25) is 0 Å². The number of fused-ring (bicyclic) bond motifs is 4. The maximum absolute atomic E-state index is 14.7. The number of ether oxygens (including phenoxy) is 2. The van der Waals surface area contributed by atoms with Gasteiger partial charge in [0.1, 0.15) is 11.6 Å². The largest absolute Gasteiger partial charge is 0.375 e. The molecule has 394 valence electrons. The Morgan fingerprint density at radius 3 is 1.54 bits per heavy atom. The number of Topliss-reactive ketones (excluding diaryl/α,β-unsaturated/α-hetero) is 2. The summed E-state index contributed by atoms with van der Waals surface area (Å²) in [4.78, 5) is 58.2. The minimum Gasteiger partial charge on any atom is -0.375 e. The standard InChI is InChI=1S/C62H100N2O6/c1-37-33-43(21-31-57(37)63(7)8)62(55-15-11-9-13-50(55)51-14-10-12-16-56(51)62)44-22-32-58(38(2)34-44)64-59(67)52-30-28-48(36-54(52)60(64)68)70-46-25-19-42(20-26-46)61(5,6)41-17-23-45(24-18-41)69-47-27-29-49(39(3)65)53(35-47)40(4)66/h37-38,41-58H,9-36H2,1-8H3. The molecule has 0 N–H and O–H groups in total. The second kappa shape index (κ2) is 21.2. The van der Waals surface area contributed by atoms with Crippen LogP contribution < -0.4 is 0 Å². The van der Waals surface area contributed by atoms with Gasteiger partial charge in [0.2, 0.25) is 11.8 Å². The lowest BCUT2D eigenvalue weighted by Crippen LogP contribution is -2.55. The van der Waals surface area contributed by atoms with E-state index in [9.17, 15) is 19.2 Å². The molecule has 0 aromatic heterocycles. The highest BCUT2D eigenvalue weighted by Gasteiger charge is 2.66. The third-order valence-corrected chi connectivity index (χ3v) is 24.1. The molecule has 10 aliphatic rings. The van der Waals surface area contributed by atoms with Crippen molar-refractivity contribution >= 4 is 23.4 Å². The van der Waals surface area contributed by atoms with Crippen molar-refractivity contribution in [1.82, 2.24) is 9.80 Å². The molecule has 16 unspecified atom stereocenters. The Hall–Kier alpha value is -1.64. The molecule has 16 atom stereocenters. The first-order valence-corrected chi connectivity index (χ1v) is 30.4. The molecule has 0 bridgehead atoms. The molecule has 2 amide bonds. The van der Waals surface area contributed by atoms with Crippen LogP contribution in [-0.2, 0) is 28.7 Å². The van der Waals surface area contributed by atoms with Gasteiger partial charge in [-0.1, -0.05) is 53.4 Å². The first kappa shape index (κ1) is 51.8. The van der Waals surface area contributed by atoms with Crippen LogP contribution >= 0.6 is 0 Å². The van der Waals surface area contributed by atoms with Crippen LogP contribution in [0.5, 0.6) is 0 Å². The predicted molar refractivity (Wildman–Crippen MR) is 277 cm³/mol. The molecule has 0 spiro atoms. The number of likely N-dealkylation sites (tertiary alicyclic amines) is 1. The first-order valence-electron chi connectivity index (χ1n) is 30.4. The molecule has 10 fully saturated rings. The topological polar surface area (TPSA) is 93.2 Å². The van der Waals surface area contributed by atoms with Crippen molar-refractivity contribution in [3.05, 3.63) is 0 Å². The Morgan fingerprint density at radius 1 is 0.529 bits per heavy atom. The maximum Gasteiger partial charge on any atom is 0.233 e. The molecule has 8 nitrogen and oxygen atoms in total. The van der Waals surface area contributed by atoms with Gasteiger partial charge in [-0.25, -0.2) is 0 Å². The maximum atomic E-state index is 14.7. The van der Waals surface area contributed by atoms with Crippen LogP contribution in [-0.4, -0.2) is 83.8 Å². The third kappa shape index (κ3) is 9.54. The molecular formula is C62H100N2O6. The van der Waals surface area contributed by atoms with Crippen LogP contribution in [0, 0.1) is 93.7 Å². The van der Waals surface area contributed by atoms with E-state index in [0.717, 1.165) is 106 Å². The van der Waals surface area contributed by atoms with E-state index in [2.05, 4.69) is 46.7 Å². The summed E-state index contributed by atoms with van der Waals surface area (Å²) in [6.45, 7) is 13.4. The molecule has 70 heavy (non-hydrogen) atoms. The fourth-order valence-electron chi connectivity index (χ4n) is 20.8. The molecule has 8 heteroatoms. The number of carbonyl (C=O) groups is 4. The Kier molecular flexibility index (Phi) is 15.7. The van der Waals surface area contributed by atoms with Crippen molar-refractivity contribution in [2.45, 2.75) is 258 Å². The van der Waals surface area contributed by atoms with Crippen molar-refractivity contribution in [1.29, 1.82) is 0 Å². The lowest BCUT2D eigenvalue weighted by atomic mass is 9.47. The number of rotatable bonds is 12. The van der Waals surface area contributed by atoms with Gasteiger partial charge in [-0.05, 0) is 252 Å². The normalized spacial score (nSPS) is 47.1. The fraction of sp³-hybridized carbons (Fsp3) is 0.935. The second-order valence-corrected chi connectivity index (χ2v) is 27.8. The zero-order valence-electron chi connectivity index (χ0n) is 45.7. The third-order valence-electron chi connectivity index (χ3n) is 24.1. The van der Waals surface area contributed by atoms with E-state index in [-0.39, 0.29) is 82.9 Å². The highest BCUT2D eigenvalue weighted by Crippen LogP contribution is 2.72. The van der Waals surface area contributed by atoms with Gasteiger partial charge >= 0.3 is 0 Å². The lowest BCUT2D eigenvalue weighted by Gasteiger charge is -2.59. The Labute approximate surface area is 425 Å². The first-order chi connectivity index (χ1) is 33.6. The van der Waals surface area contributed by atoms with Gasteiger partial charge in [0, 0.05) is 23.9 Å². The van der Waals surface area contributed by atoms with Crippen molar-refractivity contribution in [2.24, 2.45) is 93.7 Å². The van der Waals surface area contributed by atoms with Crippen LogP contribution in [0.15, 0.2) is 0 Å². The van der Waals surface area contributed by atoms with Crippen molar-refractivity contribution < 1.29 is 28.7 Å². The molecule has 10 rings (SSSR count). The highest BCUT2D eigenvalue weighted by atomic mass is 16.5. The van der Waals surface area contributed by atoms with Gasteiger partial charge in [-0.3, -0.25) is 24.1 Å². The molecule has 9 aliphatic carbocycles. The number of ketones is 2. The van der Waals surface area contributed by atoms with Gasteiger partial charge in [0.05, 0.1) is 36.3 Å². The molecule has 0 radical (unpaired) electrons. The summed E-state index contributed by atoms with van der Waals surface area (Å²) in [6, 6.07) is 0.765. The summed E-state index contributed by atoms with van der Waals surface area (Å²) in [5, 5.41) is 0. The van der Waals surface area contributed by atoms with Crippen molar-refractivity contribution in [3.63, 3.8) is 0 Å². The van der Waals surface area contributed by atoms with Gasteiger partial charge in [0.15, 0.2) is 0 Å². The predicted octanol–water partition coefficient (Wildman–Crippen LogP) is 13.1. The summed E-state index contributed by atoms with van der Waals surface area (Å²) >= 11 is 0. The summed E-state index contributed by atoms with van der Waals surface area (Å²) < 4.78 is 13.6. The monoisotopic (exact) mass is 969 g/mol. The van der Waals surface area contributed by atoms with E-state index >= 15 is 0 Å². The van der Waals surface area contributed by atoms with E-state index in [0.29, 0.717) is 35.6 Å². The minimum absolute atomic E-state index is 0.0627. The minimum atomic E-state index is -0.197. The number of imide groups is 1. The summed E-state index contributed by atoms with van der Waals surface area (Å²) in [7, 11) is 4.62. The molecule has 9 saturated carbocycles. The number of hydrogen-bond donors (Lipinski definition) is 0. The number of hydrogen-bond acceptors (Lipinski definition) is 7. The van der Waals surface area contributed by atoms with E-state index in [1.807, 2.05) is 4.90 Å². The molecular weight excluding hydrogens is 869 g/mol. The van der Waals surface area contributed by atoms with Crippen molar-refractivity contribution in [2.75, 3.05) is 14.1 Å². The highest BCUT2D eigenvalue weighted by molar-refractivity contribution is 6.05. The average molecular weight is 969 g/mol. The van der Waals surface area contributed by atoms with Gasteiger partial charge < -0.3 is 14.4 Å². The lowest BCUT2D eigenvalue weighted by molar-refractivity contribution is -0.147. The zero-order valence-corrected chi connectivity index (χ0v) is 45.7. The molecule has 1 aliphatic heterocycles. The Balaban J connectivity index is 0.723. The van der Waals surface area contributed by atoms with E-state index in [1.54, 1.807) is 13.8 Å². The number of nitrogens with zero attached hydrogens (tertiary/aromatic N) is 2. The SMILES string of the molecule is CC(=O)C1CCC(OC2CCC(C(C)(C)C3CCC(OC4CCC5C(=O)N(C6CCC(C7(C8CCC(N(C)C)C(C)C8)C8CCCCC8C8CCCCC87)CC6C)C(=O)C5C4)CC3)CC2)CC1C(C)=O. The van der Waals surface area contributed by atoms with E-state index < -0.39 is 0 Å². The Morgan fingerprint density at radius 2 is 1.01 bits per heavy atom. The summed E-state index contributed by atoms with van der Waals surface area (Å²) in [5.74, 6) is 7.64. The Bertz CT molecular complexity index is 1840. The van der Waals surface area contributed by atoms with Crippen LogP contribution in [0.3, 0.4) is 0 Å². The average Bonchev–Trinajstić information content (AvgIpc) is 3.78.